The van der Waals surface area contributed by atoms with E-state index in [2.05, 4.69) is 51.1 Å². The van der Waals surface area contributed by atoms with Crippen molar-refractivity contribution >= 4 is 23.2 Å². The number of carbonyl (C=O) groups is 1. The third-order valence-electron chi connectivity index (χ3n) is 6.26. The first-order chi connectivity index (χ1) is 14.2. The first-order valence-electron chi connectivity index (χ1n) is 10.7. The molecule has 0 bridgehead atoms. The summed E-state index contributed by atoms with van der Waals surface area (Å²) in [5, 5.41) is 0.801. The zero-order valence-electron chi connectivity index (χ0n) is 17.0. The SMILES string of the molecule is O=C(CN1CCN(c2ccccc2Cl)CC1)N1CCC(Cc2ccccc2)CC1. The average Bonchev–Trinajstić information content (AvgIpc) is 2.76. The number of amides is 1. The summed E-state index contributed by atoms with van der Waals surface area (Å²) in [6.45, 7) is 5.97. The molecule has 0 atom stereocenters. The topological polar surface area (TPSA) is 26.8 Å². The van der Waals surface area contributed by atoms with E-state index >= 15 is 0 Å². The average molecular weight is 412 g/mol. The first-order valence-corrected chi connectivity index (χ1v) is 11.1. The van der Waals surface area contributed by atoms with Crippen molar-refractivity contribution in [1.29, 1.82) is 0 Å². The number of halogens is 1. The second kappa shape index (κ2) is 9.64. The lowest BCUT2D eigenvalue weighted by atomic mass is 9.90. The van der Waals surface area contributed by atoms with Crippen LogP contribution in [-0.2, 0) is 11.2 Å². The predicted octanol–water partition coefficient (Wildman–Crippen LogP) is 3.94. The largest absolute Gasteiger partial charge is 0.368 e. The Morgan fingerprint density at radius 3 is 2.21 bits per heavy atom. The molecular formula is C24H30ClN3O. The molecular weight excluding hydrogens is 382 g/mol. The molecule has 29 heavy (non-hydrogen) atoms. The van der Waals surface area contributed by atoms with Crippen LogP contribution in [0.5, 0.6) is 0 Å². The van der Waals surface area contributed by atoms with E-state index in [0.29, 0.717) is 12.5 Å². The Balaban J connectivity index is 1.20. The summed E-state index contributed by atoms with van der Waals surface area (Å²) in [5.41, 5.74) is 2.51. The quantitative estimate of drug-likeness (QED) is 0.745. The number of anilines is 1. The summed E-state index contributed by atoms with van der Waals surface area (Å²) in [4.78, 5) is 19.5. The maximum Gasteiger partial charge on any atom is 0.236 e. The van der Waals surface area contributed by atoms with Gasteiger partial charge in [-0.25, -0.2) is 0 Å². The molecule has 2 aromatic carbocycles. The summed E-state index contributed by atoms with van der Waals surface area (Å²) < 4.78 is 0. The van der Waals surface area contributed by atoms with Crippen LogP contribution in [0.1, 0.15) is 18.4 Å². The van der Waals surface area contributed by atoms with Gasteiger partial charge in [-0.05, 0) is 42.9 Å². The van der Waals surface area contributed by atoms with Gasteiger partial charge in [0, 0.05) is 39.3 Å². The van der Waals surface area contributed by atoms with Crippen LogP contribution in [0.15, 0.2) is 54.6 Å². The maximum atomic E-state index is 12.8. The number of likely N-dealkylation sites (tertiary alicyclic amines) is 1. The van der Waals surface area contributed by atoms with Gasteiger partial charge in [0.05, 0.1) is 17.3 Å². The standard InChI is InChI=1S/C24H30ClN3O/c25-22-8-4-5-9-23(22)27-16-14-26(15-17-27)19-24(29)28-12-10-21(11-13-28)18-20-6-2-1-3-7-20/h1-9,21H,10-19H2. The highest BCUT2D eigenvalue weighted by molar-refractivity contribution is 6.33. The fraction of sp³-hybridized carbons (Fsp3) is 0.458. The molecule has 5 heteroatoms. The van der Waals surface area contributed by atoms with Crippen molar-refractivity contribution < 1.29 is 4.79 Å². The van der Waals surface area contributed by atoms with E-state index in [4.69, 9.17) is 11.6 Å². The number of hydrogen-bond acceptors (Lipinski definition) is 3. The summed E-state index contributed by atoms with van der Waals surface area (Å²) in [5.74, 6) is 0.981. The fourth-order valence-corrected chi connectivity index (χ4v) is 4.74. The lowest BCUT2D eigenvalue weighted by Crippen LogP contribution is -2.51. The highest BCUT2D eigenvalue weighted by Crippen LogP contribution is 2.26. The van der Waals surface area contributed by atoms with E-state index < -0.39 is 0 Å². The normalized spacial score (nSPS) is 18.8. The number of carbonyl (C=O) groups excluding carboxylic acids is 1. The molecule has 0 radical (unpaired) electrons. The first kappa shape index (κ1) is 20.2. The molecule has 2 saturated heterocycles. The van der Waals surface area contributed by atoms with Crippen LogP contribution in [0, 0.1) is 5.92 Å². The van der Waals surface area contributed by atoms with Gasteiger partial charge in [0.15, 0.2) is 0 Å². The summed E-state index contributed by atoms with van der Waals surface area (Å²) in [6.07, 6.45) is 3.36. The Hall–Kier alpha value is -2.04. The lowest BCUT2D eigenvalue weighted by Gasteiger charge is -2.38. The van der Waals surface area contributed by atoms with Gasteiger partial charge in [-0.3, -0.25) is 9.69 Å². The van der Waals surface area contributed by atoms with Gasteiger partial charge in [-0.1, -0.05) is 54.1 Å². The van der Waals surface area contributed by atoms with Gasteiger partial charge in [0.2, 0.25) is 5.91 Å². The van der Waals surface area contributed by atoms with E-state index in [1.54, 1.807) is 0 Å². The number of piperazine rings is 1. The molecule has 0 N–H and O–H groups in total. The molecule has 154 valence electrons. The monoisotopic (exact) mass is 411 g/mol. The fourth-order valence-electron chi connectivity index (χ4n) is 4.48. The molecule has 0 unspecified atom stereocenters. The number of hydrogen-bond donors (Lipinski definition) is 0. The molecule has 0 aromatic heterocycles. The highest BCUT2D eigenvalue weighted by Gasteiger charge is 2.26. The van der Waals surface area contributed by atoms with E-state index in [-0.39, 0.29) is 5.91 Å². The van der Waals surface area contributed by atoms with Gasteiger partial charge in [-0.15, -0.1) is 0 Å². The third-order valence-corrected chi connectivity index (χ3v) is 6.58. The number of benzene rings is 2. The van der Waals surface area contributed by atoms with E-state index in [0.717, 1.165) is 69.2 Å². The van der Waals surface area contributed by atoms with Crippen LogP contribution in [-0.4, -0.2) is 61.5 Å². The minimum Gasteiger partial charge on any atom is -0.368 e. The van der Waals surface area contributed by atoms with Crippen molar-refractivity contribution in [3.8, 4) is 0 Å². The second-order valence-electron chi connectivity index (χ2n) is 8.23. The number of rotatable bonds is 5. The van der Waals surface area contributed by atoms with Gasteiger partial charge >= 0.3 is 0 Å². The Morgan fingerprint density at radius 2 is 1.52 bits per heavy atom. The number of piperidine rings is 1. The van der Waals surface area contributed by atoms with Crippen LogP contribution >= 0.6 is 11.6 Å². The summed E-state index contributed by atoms with van der Waals surface area (Å²) in [7, 11) is 0. The lowest BCUT2D eigenvalue weighted by molar-refractivity contribution is -0.133. The Kier molecular flexibility index (Phi) is 6.73. The molecule has 2 heterocycles. The number of nitrogens with zero attached hydrogens (tertiary/aromatic N) is 3. The Labute approximate surface area is 179 Å². The van der Waals surface area contributed by atoms with Crippen molar-refractivity contribution in [2.75, 3.05) is 50.7 Å². The van der Waals surface area contributed by atoms with E-state index in [9.17, 15) is 4.79 Å². The number of para-hydroxylation sites is 1. The van der Waals surface area contributed by atoms with Crippen LogP contribution in [0.3, 0.4) is 0 Å². The van der Waals surface area contributed by atoms with Gasteiger partial charge in [0.25, 0.3) is 0 Å². The summed E-state index contributed by atoms with van der Waals surface area (Å²) >= 11 is 6.33. The molecule has 4 nitrogen and oxygen atoms in total. The van der Waals surface area contributed by atoms with Crippen LogP contribution in [0.25, 0.3) is 0 Å². The smallest absolute Gasteiger partial charge is 0.236 e. The van der Waals surface area contributed by atoms with Crippen LogP contribution < -0.4 is 4.90 Å². The molecule has 4 rings (SSSR count). The highest BCUT2D eigenvalue weighted by atomic mass is 35.5. The van der Waals surface area contributed by atoms with Crippen molar-refractivity contribution in [3.63, 3.8) is 0 Å². The predicted molar refractivity (Wildman–Crippen MR) is 120 cm³/mol. The van der Waals surface area contributed by atoms with Gasteiger partial charge < -0.3 is 9.80 Å². The molecule has 0 spiro atoms. The van der Waals surface area contributed by atoms with Crippen LogP contribution in [0.4, 0.5) is 5.69 Å². The molecule has 1 amide bonds. The van der Waals surface area contributed by atoms with Gasteiger partial charge in [0.1, 0.15) is 0 Å². The zero-order valence-corrected chi connectivity index (χ0v) is 17.7. The third kappa shape index (κ3) is 5.31. The zero-order chi connectivity index (χ0) is 20.1. The molecule has 0 aliphatic carbocycles. The summed E-state index contributed by atoms with van der Waals surface area (Å²) in [6, 6.07) is 18.7. The van der Waals surface area contributed by atoms with E-state index in [1.165, 1.54) is 5.56 Å². The molecule has 0 saturated carbocycles. The van der Waals surface area contributed by atoms with Gasteiger partial charge in [-0.2, -0.15) is 0 Å². The Bertz CT molecular complexity index is 797. The van der Waals surface area contributed by atoms with E-state index in [1.807, 2.05) is 18.2 Å². The van der Waals surface area contributed by atoms with Crippen molar-refractivity contribution in [2.45, 2.75) is 19.3 Å². The second-order valence-corrected chi connectivity index (χ2v) is 8.64. The Morgan fingerprint density at radius 1 is 0.862 bits per heavy atom. The van der Waals surface area contributed by atoms with Crippen LogP contribution in [0.2, 0.25) is 5.02 Å². The van der Waals surface area contributed by atoms with Crippen molar-refractivity contribution in [1.82, 2.24) is 9.80 Å². The molecule has 2 aromatic rings. The molecule has 2 aliphatic heterocycles. The minimum absolute atomic E-state index is 0.286. The van der Waals surface area contributed by atoms with Crippen molar-refractivity contribution in [2.24, 2.45) is 5.92 Å². The molecule has 2 fully saturated rings. The molecule has 2 aliphatic rings. The minimum atomic E-state index is 0.286. The maximum absolute atomic E-state index is 12.8. The van der Waals surface area contributed by atoms with Crippen molar-refractivity contribution in [3.05, 3.63) is 65.2 Å².